The summed E-state index contributed by atoms with van der Waals surface area (Å²) in [5, 5.41) is 0. The van der Waals surface area contributed by atoms with Crippen LogP contribution in [-0.2, 0) is 30.9 Å². The first-order valence-corrected chi connectivity index (χ1v) is 11.5. The van der Waals surface area contributed by atoms with E-state index < -0.39 is 16.0 Å². The first-order valence-electron chi connectivity index (χ1n) is 9.28. The molecule has 0 unspecified atom stereocenters. The number of carbonyl (C=O) groups excluding carboxylic acids is 2. The summed E-state index contributed by atoms with van der Waals surface area (Å²) in [6.45, 7) is 3.26. The van der Waals surface area contributed by atoms with E-state index in [4.69, 9.17) is 9.47 Å². The van der Waals surface area contributed by atoms with E-state index in [-0.39, 0.29) is 30.1 Å². The Balaban J connectivity index is 1.53. The average molecular weight is 438 g/mol. The van der Waals surface area contributed by atoms with Gasteiger partial charge in [-0.3, -0.25) is 9.59 Å². The number of thiophene rings is 1. The van der Waals surface area contributed by atoms with Crippen LogP contribution in [-0.4, -0.2) is 50.8 Å². The van der Waals surface area contributed by atoms with E-state index in [1.807, 2.05) is 13.0 Å². The molecular weight excluding hydrogens is 414 g/mol. The Morgan fingerprint density at radius 3 is 2.59 bits per heavy atom. The topological polar surface area (TPSA) is 90.0 Å². The lowest BCUT2D eigenvalue weighted by Gasteiger charge is -2.26. The molecule has 1 aliphatic heterocycles. The van der Waals surface area contributed by atoms with Crippen LogP contribution in [0.25, 0.3) is 0 Å². The molecule has 7 nitrogen and oxygen atoms in total. The van der Waals surface area contributed by atoms with Crippen molar-refractivity contribution in [1.29, 1.82) is 0 Å². The standard InChI is InChI=1S/C20H23NO6S2/c1-15-5-7-19(28-15)18(22)6-8-20(23)27-14-16-3-2-4-17(13-16)29(24,25)21-9-11-26-12-10-21/h2-5,7,13H,6,8-12,14H2,1H3. The van der Waals surface area contributed by atoms with Crippen molar-refractivity contribution in [2.24, 2.45) is 0 Å². The van der Waals surface area contributed by atoms with Crippen LogP contribution in [0, 0.1) is 6.92 Å². The predicted molar refractivity (Wildman–Crippen MR) is 108 cm³/mol. The Kier molecular flexibility index (Phi) is 7.18. The number of carbonyl (C=O) groups is 2. The summed E-state index contributed by atoms with van der Waals surface area (Å²) in [6, 6.07) is 9.99. The molecule has 0 atom stereocenters. The summed E-state index contributed by atoms with van der Waals surface area (Å²) < 4.78 is 37.2. The van der Waals surface area contributed by atoms with E-state index in [9.17, 15) is 18.0 Å². The molecular formula is C20H23NO6S2. The van der Waals surface area contributed by atoms with E-state index in [2.05, 4.69) is 0 Å². The zero-order valence-electron chi connectivity index (χ0n) is 16.1. The van der Waals surface area contributed by atoms with Gasteiger partial charge in [-0.25, -0.2) is 8.42 Å². The fraction of sp³-hybridized carbons (Fsp3) is 0.400. The first kappa shape index (κ1) is 21.6. The predicted octanol–water partition coefficient (Wildman–Crippen LogP) is 2.78. The molecule has 1 fully saturated rings. The van der Waals surface area contributed by atoms with Crippen molar-refractivity contribution in [2.45, 2.75) is 31.3 Å². The van der Waals surface area contributed by atoms with Gasteiger partial charge in [-0.15, -0.1) is 11.3 Å². The summed E-state index contributed by atoms with van der Waals surface area (Å²) in [5.74, 6) is -0.577. The second-order valence-corrected chi connectivity index (χ2v) is 9.88. The minimum Gasteiger partial charge on any atom is -0.461 e. The second-order valence-electron chi connectivity index (χ2n) is 6.66. The Morgan fingerprint density at radius 2 is 1.90 bits per heavy atom. The lowest BCUT2D eigenvalue weighted by Crippen LogP contribution is -2.40. The summed E-state index contributed by atoms with van der Waals surface area (Å²) in [4.78, 5) is 25.9. The summed E-state index contributed by atoms with van der Waals surface area (Å²) >= 11 is 1.40. The fourth-order valence-electron chi connectivity index (χ4n) is 2.89. The highest BCUT2D eigenvalue weighted by atomic mass is 32.2. The number of nitrogens with zero attached hydrogens (tertiary/aromatic N) is 1. The summed E-state index contributed by atoms with van der Waals surface area (Å²) in [6.07, 6.45) is 0.0752. The molecule has 1 saturated heterocycles. The Hall–Kier alpha value is -2.07. The van der Waals surface area contributed by atoms with Crippen LogP contribution in [0.5, 0.6) is 0 Å². The maximum Gasteiger partial charge on any atom is 0.306 e. The lowest BCUT2D eigenvalue weighted by molar-refractivity contribution is -0.144. The molecule has 2 heterocycles. The van der Waals surface area contributed by atoms with Crippen molar-refractivity contribution in [3.05, 3.63) is 51.7 Å². The first-order chi connectivity index (χ1) is 13.9. The van der Waals surface area contributed by atoms with Gasteiger partial charge in [0.25, 0.3) is 0 Å². The van der Waals surface area contributed by atoms with Crippen molar-refractivity contribution in [3.63, 3.8) is 0 Å². The third-order valence-corrected chi connectivity index (χ3v) is 7.41. The normalized spacial score (nSPS) is 15.2. The maximum atomic E-state index is 12.7. The molecule has 29 heavy (non-hydrogen) atoms. The molecule has 2 aromatic rings. The Bertz CT molecular complexity index is 976. The lowest BCUT2D eigenvalue weighted by atomic mass is 10.2. The van der Waals surface area contributed by atoms with Gasteiger partial charge in [-0.05, 0) is 36.8 Å². The van der Waals surface area contributed by atoms with E-state index in [0.717, 1.165) is 4.88 Å². The molecule has 156 valence electrons. The van der Waals surface area contributed by atoms with Crippen molar-refractivity contribution >= 4 is 33.1 Å². The third kappa shape index (κ3) is 5.72. The highest BCUT2D eigenvalue weighted by Gasteiger charge is 2.26. The van der Waals surface area contributed by atoms with Crippen molar-refractivity contribution < 1.29 is 27.5 Å². The molecule has 1 aliphatic rings. The van der Waals surface area contributed by atoms with Gasteiger partial charge in [0, 0.05) is 24.4 Å². The van der Waals surface area contributed by atoms with E-state index >= 15 is 0 Å². The number of morpholine rings is 1. The van der Waals surface area contributed by atoms with Gasteiger partial charge in [0.05, 0.1) is 29.4 Å². The van der Waals surface area contributed by atoms with Crippen LogP contribution >= 0.6 is 11.3 Å². The van der Waals surface area contributed by atoms with Gasteiger partial charge in [0.1, 0.15) is 6.61 Å². The molecule has 1 aromatic heterocycles. The van der Waals surface area contributed by atoms with E-state index in [1.54, 1.807) is 18.2 Å². The highest BCUT2D eigenvalue weighted by Crippen LogP contribution is 2.20. The van der Waals surface area contributed by atoms with Crippen LogP contribution in [0.15, 0.2) is 41.3 Å². The number of rotatable bonds is 8. The average Bonchev–Trinajstić information content (AvgIpc) is 3.18. The zero-order valence-corrected chi connectivity index (χ0v) is 17.8. The molecule has 9 heteroatoms. The van der Waals surface area contributed by atoms with Crippen molar-refractivity contribution in [3.8, 4) is 0 Å². The molecule has 0 N–H and O–H groups in total. The molecule has 0 spiro atoms. The Morgan fingerprint density at radius 1 is 1.14 bits per heavy atom. The Labute approximate surface area is 174 Å². The molecule has 0 aliphatic carbocycles. The van der Waals surface area contributed by atoms with Crippen LogP contribution in [0.4, 0.5) is 0 Å². The van der Waals surface area contributed by atoms with Gasteiger partial charge in [0.15, 0.2) is 5.78 Å². The monoisotopic (exact) mass is 437 g/mol. The van der Waals surface area contributed by atoms with Crippen LogP contribution in [0.2, 0.25) is 0 Å². The summed E-state index contributed by atoms with van der Waals surface area (Å²) in [7, 11) is -3.60. The zero-order chi connectivity index (χ0) is 20.9. The van der Waals surface area contributed by atoms with Gasteiger partial charge in [-0.1, -0.05) is 12.1 Å². The maximum absolute atomic E-state index is 12.7. The smallest absolute Gasteiger partial charge is 0.306 e. The molecule has 0 radical (unpaired) electrons. The fourth-order valence-corrected chi connectivity index (χ4v) is 5.20. The van der Waals surface area contributed by atoms with Crippen molar-refractivity contribution in [1.82, 2.24) is 4.31 Å². The van der Waals surface area contributed by atoms with Gasteiger partial charge in [-0.2, -0.15) is 4.31 Å². The van der Waals surface area contributed by atoms with Gasteiger partial charge in [0.2, 0.25) is 10.0 Å². The van der Waals surface area contributed by atoms with Crippen LogP contribution < -0.4 is 0 Å². The quantitative estimate of drug-likeness (QED) is 0.466. The number of benzene rings is 1. The number of hydrogen-bond acceptors (Lipinski definition) is 7. The SMILES string of the molecule is Cc1ccc(C(=O)CCC(=O)OCc2cccc(S(=O)(=O)N3CCOCC3)c2)s1. The van der Waals surface area contributed by atoms with Crippen LogP contribution in [0.1, 0.15) is 33.0 Å². The van der Waals surface area contributed by atoms with Gasteiger partial charge >= 0.3 is 5.97 Å². The molecule has 0 saturated carbocycles. The molecule has 1 aromatic carbocycles. The second kappa shape index (κ2) is 9.62. The van der Waals surface area contributed by atoms with Crippen LogP contribution in [0.3, 0.4) is 0 Å². The number of ether oxygens (including phenoxy) is 2. The minimum atomic E-state index is -3.60. The van der Waals surface area contributed by atoms with Crippen molar-refractivity contribution in [2.75, 3.05) is 26.3 Å². The molecule has 0 bridgehead atoms. The molecule has 0 amide bonds. The number of sulfonamides is 1. The summed E-state index contributed by atoms with van der Waals surface area (Å²) in [5.41, 5.74) is 0.577. The van der Waals surface area contributed by atoms with E-state index in [1.165, 1.54) is 27.8 Å². The number of hydrogen-bond donors (Lipinski definition) is 0. The number of esters is 1. The number of Topliss-reactive ketones (excluding diaryl/α,β-unsaturated/α-hetero) is 1. The highest BCUT2D eigenvalue weighted by molar-refractivity contribution is 7.89. The van der Waals surface area contributed by atoms with Gasteiger partial charge < -0.3 is 9.47 Å². The minimum absolute atomic E-state index is 0.0124. The largest absolute Gasteiger partial charge is 0.461 e. The number of ketones is 1. The third-order valence-electron chi connectivity index (χ3n) is 4.48. The van der Waals surface area contributed by atoms with E-state index in [0.29, 0.717) is 36.7 Å². The molecule has 3 rings (SSSR count). The number of aryl methyl sites for hydroxylation is 1.